The van der Waals surface area contributed by atoms with Gasteiger partial charge in [-0.3, -0.25) is 9.69 Å². The second kappa shape index (κ2) is 6.08. The molecule has 1 unspecified atom stereocenters. The summed E-state index contributed by atoms with van der Waals surface area (Å²) in [6.07, 6.45) is -4.60. The highest BCUT2D eigenvalue weighted by Crippen LogP contribution is 2.31. The Balaban J connectivity index is 3.05. The van der Waals surface area contributed by atoms with Crippen molar-refractivity contribution in [2.75, 3.05) is 13.1 Å². The van der Waals surface area contributed by atoms with Crippen LogP contribution in [0.1, 0.15) is 18.5 Å². The lowest BCUT2D eigenvalue weighted by molar-refractivity contribution is -0.158. The molecule has 4 nitrogen and oxygen atoms in total. The van der Waals surface area contributed by atoms with Gasteiger partial charge in [0.05, 0.1) is 13.1 Å². The number of hydrogen-bond acceptors (Lipinski definition) is 3. The Kier molecular flexibility index (Phi) is 4.93. The third kappa shape index (κ3) is 4.69. The van der Waals surface area contributed by atoms with Crippen LogP contribution in [0.25, 0.3) is 0 Å². The summed E-state index contributed by atoms with van der Waals surface area (Å²) in [5.74, 6) is -2.57. The number of carboxylic acids is 1. The number of benzene rings is 1. The van der Waals surface area contributed by atoms with Crippen molar-refractivity contribution in [1.29, 1.82) is 0 Å². The molecule has 20 heavy (non-hydrogen) atoms. The van der Waals surface area contributed by atoms with E-state index in [2.05, 4.69) is 0 Å². The van der Waals surface area contributed by atoms with Crippen LogP contribution in [0.5, 0.6) is 5.75 Å². The van der Waals surface area contributed by atoms with Crippen molar-refractivity contribution in [3.05, 3.63) is 29.6 Å². The predicted molar refractivity (Wildman–Crippen MR) is 61.7 cm³/mol. The average Bonchev–Trinajstić information content (AvgIpc) is 2.28. The number of aliphatic carboxylic acids is 1. The Labute approximate surface area is 112 Å². The zero-order valence-electron chi connectivity index (χ0n) is 10.5. The Morgan fingerprint density at radius 2 is 2.00 bits per heavy atom. The minimum Gasteiger partial charge on any atom is -0.508 e. The number of phenols is 1. The molecule has 1 aromatic rings. The van der Waals surface area contributed by atoms with Gasteiger partial charge in [0.25, 0.3) is 0 Å². The number of halogens is 4. The molecule has 0 bridgehead atoms. The monoisotopic (exact) mass is 295 g/mol. The molecule has 1 atom stereocenters. The lowest BCUT2D eigenvalue weighted by Gasteiger charge is -2.29. The third-order valence-corrected chi connectivity index (χ3v) is 2.71. The van der Waals surface area contributed by atoms with Crippen molar-refractivity contribution in [1.82, 2.24) is 4.90 Å². The van der Waals surface area contributed by atoms with Gasteiger partial charge in [-0.05, 0) is 25.1 Å². The summed E-state index contributed by atoms with van der Waals surface area (Å²) >= 11 is 0. The van der Waals surface area contributed by atoms with Gasteiger partial charge in [-0.15, -0.1) is 0 Å². The van der Waals surface area contributed by atoms with Gasteiger partial charge in [0.1, 0.15) is 11.6 Å². The zero-order chi connectivity index (χ0) is 15.5. The van der Waals surface area contributed by atoms with E-state index in [0.29, 0.717) is 4.90 Å². The maximum atomic E-state index is 13.1. The van der Waals surface area contributed by atoms with Gasteiger partial charge in [-0.1, -0.05) is 0 Å². The van der Waals surface area contributed by atoms with Crippen LogP contribution in [0.2, 0.25) is 0 Å². The van der Waals surface area contributed by atoms with Crippen LogP contribution in [0, 0.1) is 5.82 Å². The number of aromatic hydroxyl groups is 1. The molecule has 0 aliphatic rings. The van der Waals surface area contributed by atoms with Crippen LogP contribution in [-0.2, 0) is 4.79 Å². The average molecular weight is 295 g/mol. The van der Waals surface area contributed by atoms with Crippen molar-refractivity contribution in [2.45, 2.75) is 19.1 Å². The Bertz CT molecular complexity index is 490. The van der Waals surface area contributed by atoms with Gasteiger partial charge < -0.3 is 10.2 Å². The van der Waals surface area contributed by atoms with Gasteiger partial charge in [-0.2, -0.15) is 13.2 Å². The quantitative estimate of drug-likeness (QED) is 0.820. The number of carbonyl (C=O) groups is 1. The number of carboxylic acid groups (broad SMARTS) is 1. The van der Waals surface area contributed by atoms with Gasteiger partial charge in [0.2, 0.25) is 0 Å². The first-order valence-electron chi connectivity index (χ1n) is 5.61. The number of alkyl halides is 3. The minimum absolute atomic E-state index is 0.101. The molecule has 0 spiro atoms. The summed E-state index contributed by atoms with van der Waals surface area (Å²) in [6, 6.07) is 1.74. The zero-order valence-corrected chi connectivity index (χ0v) is 10.5. The fourth-order valence-corrected chi connectivity index (χ4v) is 1.79. The van der Waals surface area contributed by atoms with Crippen LogP contribution >= 0.6 is 0 Å². The van der Waals surface area contributed by atoms with Crippen molar-refractivity contribution < 1.29 is 32.6 Å². The summed E-state index contributed by atoms with van der Waals surface area (Å²) in [7, 11) is 0. The molecule has 0 saturated carbocycles. The highest BCUT2D eigenvalue weighted by atomic mass is 19.4. The molecule has 0 heterocycles. The fourth-order valence-electron chi connectivity index (χ4n) is 1.79. The second-order valence-electron chi connectivity index (χ2n) is 4.29. The van der Waals surface area contributed by atoms with Gasteiger partial charge >= 0.3 is 12.1 Å². The summed E-state index contributed by atoms with van der Waals surface area (Å²) in [6.45, 7) is -1.09. The van der Waals surface area contributed by atoms with E-state index in [4.69, 9.17) is 5.11 Å². The van der Waals surface area contributed by atoms with E-state index in [0.717, 1.165) is 18.2 Å². The van der Waals surface area contributed by atoms with E-state index < -0.39 is 42.8 Å². The molecule has 1 rings (SSSR count). The molecular formula is C12H13F4NO3. The SMILES string of the molecule is CC(c1cc(F)ccc1O)N(CC(=O)O)CC(F)(F)F. The third-order valence-electron chi connectivity index (χ3n) is 2.71. The van der Waals surface area contributed by atoms with E-state index in [1.54, 1.807) is 0 Å². The van der Waals surface area contributed by atoms with Crippen LogP contribution in [0.15, 0.2) is 18.2 Å². The molecule has 8 heteroatoms. The summed E-state index contributed by atoms with van der Waals surface area (Å²) in [4.78, 5) is 11.2. The topological polar surface area (TPSA) is 60.8 Å². The van der Waals surface area contributed by atoms with E-state index in [9.17, 15) is 27.5 Å². The molecular weight excluding hydrogens is 282 g/mol. The van der Waals surface area contributed by atoms with Crippen molar-refractivity contribution in [3.63, 3.8) is 0 Å². The van der Waals surface area contributed by atoms with Crippen LogP contribution < -0.4 is 0 Å². The molecule has 0 amide bonds. The number of rotatable bonds is 5. The maximum absolute atomic E-state index is 13.1. The van der Waals surface area contributed by atoms with Gasteiger partial charge in [0.15, 0.2) is 0 Å². The highest BCUT2D eigenvalue weighted by Gasteiger charge is 2.34. The summed E-state index contributed by atoms with van der Waals surface area (Å²) in [5, 5.41) is 18.2. The molecule has 0 aromatic heterocycles. The first kappa shape index (κ1) is 16.2. The lowest BCUT2D eigenvalue weighted by Crippen LogP contribution is -2.39. The fraction of sp³-hybridized carbons (Fsp3) is 0.417. The van der Waals surface area contributed by atoms with Gasteiger partial charge in [-0.25, -0.2) is 4.39 Å². The van der Waals surface area contributed by atoms with Crippen molar-refractivity contribution >= 4 is 5.97 Å². The molecule has 0 aliphatic carbocycles. The van der Waals surface area contributed by atoms with E-state index in [1.807, 2.05) is 0 Å². The number of nitrogens with zero attached hydrogens (tertiary/aromatic N) is 1. The van der Waals surface area contributed by atoms with Crippen molar-refractivity contribution in [2.24, 2.45) is 0 Å². The Morgan fingerprint density at radius 1 is 1.40 bits per heavy atom. The Morgan fingerprint density at radius 3 is 2.50 bits per heavy atom. The summed E-state index contributed by atoms with van der Waals surface area (Å²) in [5.41, 5.74) is -0.101. The molecule has 2 N–H and O–H groups in total. The lowest BCUT2D eigenvalue weighted by atomic mass is 10.1. The molecule has 0 saturated heterocycles. The number of hydrogen-bond donors (Lipinski definition) is 2. The molecule has 112 valence electrons. The normalized spacial score (nSPS) is 13.5. The van der Waals surface area contributed by atoms with Crippen LogP contribution in [-0.4, -0.2) is 40.3 Å². The minimum atomic E-state index is -4.60. The highest BCUT2D eigenvalue weighted by molar-refractivity contribution is 5.69. The number of phenolic OH excluding ortho intramolecular Hbond substituents is 1. The standard InChI is InChI=1S/C12H13F4NO3/c1-7(9-4-8(13)2-3-10(9)18)17(5-11(19)20)6-12(14,15)16/h2-4,7,18H,5-6H2,1H3,(H,19,20). The molecule has 1 aromatic carbocycles. The first-order valence-corrected chi connectivity index (χ1v) is 5.61. The van der Waals surface area contributed by atoms with Gasteiger partial charge in [0, 0.05) is 11.6 Å². The Hall–Kier alpha value is -1.83. The van der Waals surface area contributed by atoms with E-state index in [-0.39, 0.29) is 5.56 Å². The molecule has 0 aliphatic heterocycles. The summed E-state index contributed by atoms with van der Waals surface area (Å²) < 4.78 is 50.4. The maximum Gasteiger partial charge on any atom is 0.401 e. The van der Waals surface area contributed by atoms with E-state index in [1.165, 1.54) is 6.92 Å². The predicted octanol–water partition coefficient (Wildman–Crippen LogP) is 2.54. The largest absolute Gasteiger partial charge is 0.508 e. The molecule has 0 fully saturated rings. The molecule has 0 radical (unpaired) electrons. The first-order chi connectivity index (χ1) is 9.10. The van der Waals surface area contributed by atoms with E-state index >= 15 is 0 Å². The van der Waals surface area contributed by atoms with Crippen LogP contribution in [0.4, 0.5) is 17.6 Å². The second-order valence-corrected chi connectivity index (χ2v) is 4.29. The smallest absolute Gasteiger partial charge is 0.401 e. The van der Waals surface area contributed by atoms with Crippen LogP contribution in [0.3, 0.4) is 0 Å². The van der Waals surface area contributed by atoms with Crippen molar-refractivity contribution in [3.8, 4) is 5.75 Å².